The molecule has 1 aromatic carbocycles. The van der Waals surface area contributed by atoms with Crippen molar-refractivity contribution >= 4 is 11.4 Å². The summed E-state index contributed by atoms with van der Waals surface area (Å²) in [6, 6.07) is 2.81. The molecule has 1 aromatic rings. The van der Waals surface area contributed by atoms with Gasteiger partial charge in [0.15, 0.2) is 0 Å². The Balaban J connectivity index is 2.16. The van der Waals surface area contributed by atoms with Gasteiger partial charge in [0, 0.05) is 24.4 Å². The molecule has 116 valence electrons. The van der Waals surface area contributed by atoms with Gasteiger partial charge >= 0.3 is 6.18 Å². The number of hydrogen-bond acceptors (Lipinski definition) is 3. The first-order valence-corrected chi connectivity index (χ1v) is 6.87. The lowest BCUT2D eigenvalue weighted by Crippen LogP contribution is -2.16. The van der Waals surface area contributed by atoms with Gasteiger partial charge in [-0.1, -0.05) is 13.3 Å². The Bertz CT molecular complexity index is 531. The molecule has 1 saturated carbocycles. The fourth-order valence-electron chi connectivity index (χ4n) is 2.80. The molecule has 1 aliphatic carbocycles. The molecule has 0 amide bonds. The summed E-state index contributed by atoms with van der Waals surface area (Å²) in [5, 5.41) is 13.4. The fourth-order valence-corrected chi connectivity index (χ4v) is 2.80. The highest BCUT2D eigenvalue weighted by molar-refractivity contribution is 5.57. The number of nitrogens with zero attached hydrogens (tertiary/aromatic N) is 1. The van der Waals surface area contributed by atoms with Crippen LogP contribution in [0.3, 0.4) is 0 Å². The number of hydrogen-bond donors (Lipinski definition) is 1. The van der Waals surface area contributed by atoms with E-state index in [2.05, 4.69) is 12.2 Å². The van der Waals surface area contributed by atoms with Gasteiger partial charge in [0.05, 0.1) is 10.5 Å². The molecule has 0 aliphatic heterocycles. The van der Waals surface area contributed by atoms with E-state index in [0.717, 1.165) is 31.4 Å². The summed E-state index contributed by atoms with van der Waals surface area (Å²) in [4.78, 5) is 9.79. The largest absolute Gasteiger partial charge is 0.418 e. The van der Waals surface area contributed by atoms with Crippen molar-refractivity contribution in [2.75, 3.05) is 11.9 Å². The monoisotopic (exact) mass is 302 g/mol. The van der Waals surface area contributed by atoms with Crippen molar-refractivity contribution in [2.45, 2.75) is 32.4 Å². The average Bonchev–Trinajstić information content (AvgIpc) is 2.81. The van der Waals surface area contributed by atoms with Crippen molar-refractivity contribution in [1.82, 2.24) is 0 Å². The Kier molecular flexibility index (Phi) is 4.39. The second-order valence-corrected chi connectivity index (χ2v) is 5.65. The number of halogens is 3. The minimum Gasteiger partial charge on any atom is -0.384 e. The van der Waals surface area contributed by atoms with E-state index in [9.17, 15) is 23.3 Å². The van der Waals surface area contributed by atoms with Crippen molar-refractivity contribution in [2.24, 2.45) is 11.8 Å². The second-order valence-electron chi connectivity index (χ2n) is 5.65. The predicted octanol–water partition coefficient (Wildman–Crippen LogP) is 4.46. The maximum atomic E-state index is 13.0. The maximum Gasteiger partial charge on any atom is 0.418 e. The highest BCUT2D eigenvalue weighted by atomic mass is 19.4. The molecule has 0 radical (unpaired) electrons. The Morgan fingerprint density at radius 1 is 1.38 bits per heavy atom. The van der Waals surface area contributed by atoms with Crippen LogP contribution in [0.2, 0.25) is 0 Å². The first kappa shape index (κ1) is 15.6. The van der Waals surface area contributed by atoms with E-state index >= 15 is 0 Å². The highest BCUT2D eigenvalue weighted by Crippen LogP contribution is 2.38. The molecular weight excluding hydrogens is 285 g/mol. The van der Waals surface area contributed by atoms with Gasteiger partial charge in [-0.3, -0.25) is 10.1 Å². The van der Waals surface area contributed by atoms with Gasteiger partial charge in [-0.25, -0.2) is 0 Å². The lowest BCUT2D eigenvalue weighted by atomic mass is 10.1. The molecular formula is C14H17F3N2O2. The lowest BCUT2D eigenvalue weighted by Gasteiger charge is -2.17. The van der Waals surface area contributed by atoms with E-state index < -0.39 is 22.4 Å². The van der Waals surface area contributed by atoms with Crippen molar-refractivity contribution in [3.05, 3.63) is 33.9 Å². The molecule has 0 saturated heterocycles. The molecule has 1 fully saturated rings. The summed E-state index contributed by atoms with van der Waals surface area (Å²) >= 11 is 0. The number of non-ortho nitro benzene ring substituents is 1. The highest BCUT2D eigenvalue weighted by Gasteiger charge is 2.35. The zero-order chi connectivity index (χ0) is 15.6. The van der Waals surface area contributed by atoms with Gasteiger partial charge in [-0.05, 0) is 30.7 Å². The molecule has 1 aliphatic rings. The van der Waals surface area contributed by atoms with Crippen molar-refractivity contribution in [3.63, 3.8) is 0 Å². The summed E-state index contributed by atoms with van der Waals surface area (Å²) in [5.74, 6) is 0.965. The summed E-state index contributed by atoms with van der Waals surface area (Å²) in [5.41, 5.74) is -1.63. The molecule has 0 spiro atoms. The molecule has 0 bridgehead atoms. The zero-order valence-corrected chi connectivity index (χ0v) is 11.6. The third-order valence-electron chi connectivity index (χ3n) is 3.90. The number of benzene rings is 1. The van der Waals surface area contributed by atoms with Crippen LogP contribution in [-0.2, 0) is 6.18 Å². The van der Waals surface area contributed by atoms with Crippen LogP contribution in [0.25, 0.3) is 0 Å². The standard InChI is InChI=1S/C14H17F3N2O2/c1-9-2-3-10(6-9)8-18-13-5-4-11(19(20)21)7-12(13)14(15,16)17/h4-5,7,9-10,18H,2-3,6,8H2,1H3. The number of alkyl halides is 3. The van der Waals surface area contributed by atoms with Gasteiger partial charge in [0.25, 0.3) is 5.69 Å². The number of nitrogens with one attached hydrogen (secondary N) is 1. The summed E-state index contributed by atoms with van der Waals surface area (Å²) in [6.45, 7) is 2.60. The smallest absolute Gasteiger partial charge is 0.384 e. The van der Waals surface area contributed by atoms with Crippen LogP contribution in [0.4, 0.5) is 24.5 Å². The minimum atomic E-state index is -4.61. The molecule has 0 heterocycles. The van der Waals surface area contributed by atoms with Crippen LogP contribution < -0.4 is 5.32 Å². The van der Waals surface area contributed by atoms with Crippen LogP contribution in [-0.4, -0.2) is 11.5 Å². The quantitative estimate of drug-likeness (QED) is 0.660. The molecule has 7 heteroatoms. The first-order valence-electron chi connectivity index (χ1n) is 6.87. The van der Waals surface area contributed by atoms with E-state index in [1.54, 1.807) is 0 Å². The fraction of sp³-hybridized carbons (Fsp3) is 0.571. The van der Waals surface area contributed by atoms with Crippen molar-refractivity contribution in [1.29, 1.82) is 0 Å². The molecule has 4 nitrogen and oxygen atoms in total. The number of nitro benzene ring substituents is 1. The number of anilines is 1. The van der Waals surface area contributed by atoms with Gasteiger partial charge in [-0.15, -0.1) is 0 Å². The average molecular weight is 302 g/mol. The van der Waals surface area contributed by atoms with E-state index in [-0.39, 0.29) is 5.69 Å². The minimum absolute atomic E-state index is 0.0901. The zero-order valence-electron chi connectivity index (χ0n) is 11.6. The van der Waals surface area contributed by atoms with Gasteiger partial charge in [0.1, 0.15) is 0 Å². The summed E-state index contributed by atoms with van der Waals surface area (Å²) in [7, 11) is 0. The van der Waals surface area contributed by atoms with E-state index in [0.29, 0.717) is 24.4 Å². The van der Waals surface area contributed by atoms with Gasteiger partial charge in [0.2, 0.25) is 0 Å². The van der Waals surface area contributed by atoms with Gasteiger partial charge < -0.3 is 5.32 Å². The number of rotatable bonds is 4. The van der Waals surface area contributed by atoms with Crippen LogP contribution >= 0.6 is 0 Å². The van der Waals surface area contributed by atoms with Gasteiger partial charge in [-0.2, -0.15) is 13.2 Å². The van der Waals surface area contributed by atoms with Crippen LogP contribution in [0, 0.1) is 22.0 Å². The van der Waals surface area contributed by atoms with Crippen molar-refractivity contribution < 1.29 is 18.1 Å². The number of nitro groups is 1. The molecule has 2 atom stereocenters. The Morgan fingerprint density at radius 2 is 2.10 bits per heavy atom. The summed E-state index contributed by atoms with van der Waals surface area (Å²) < 4.78 is 39.0. The van der Waals surface area contributed by atoms with E-state index in [4.69, 9.17) is 0 Å². The first-order chi connectivity index (χ1) is 9.77. The topological polar surface area (TPSA) is 55.2 Å². The maximum absolute atomic E-state index is 13.0. The summed E-state index contributed by atoms with van der Waals surface area (Å²) in [6.07, 6.45) is -1.51. The van der Waals surface area contributed by atoms with Crippen molar-refractivity contribution in [3.8, 4) is 0 Å². The second kappa shape index (κ2) is 5.91. The van der Waals surface area contributed by atoms with Crippen LogP contribution in [0.15, 0.2) is 18.2 Å². The van der Waals surface area contributed by atoms with Crippen LogP contribution in [0.5, 0.6) is 0 Å². The molecule has 0 aromatic heterocycles. The predicted molar refractivity (Wildman–Crippen MR) is 73.1 cm³/mol. The van der Waals surface area contributed by atoms with E-state index in [1.165, 1.54) is 0 Å². The van der Waals surface area contributed by atoms with Crippen LogP contribution in [0.1, 0.15) is 31.7 Å². The molecule has 1 N–H and O–H groups in total. The normalized spacial score (nSPS) is 22.3. The SMILES string of the molecule is CC1CCC(CNc2ccc([N+](=O)[O-])cc2C(F)(F)F)C1. The third kappa shape index (κ3) is 3.86. The molecule has 2 unspecified atom stereocenters. The Labute approximate surface area is 120 Å². The molecule has 21 heavy (non-hydrogen) atoms. The lowest BCUT2D eigenvalue weighted by molar-refractivity contribution is -0.385. The van der Waals surface area contributed by atoms with E-state index in [1.807, 2.05) is 0 Å². The Hall–Kier alpha value is -1.79. The third-order valence-corrected chi connectivity index (χ3v) is 3.90. The molecule has 2 rings (SSSR count). The Morgan fingerprint density at radius 3 is 2.62 bits per heavy atom.